The van der Waals surface area contributed by atoms with Crippen molar-refractivity contribution in [3.63, 3.8) is 0 Å². The molecule has 2 fully saturated rings. The lowest BCUT2D eigenvalue weighted by Gasteiger charge is -2.49. The Balaban J connectivity index is 1.53. The molecule has 2 aromatic rings. The quantitative estimate of drug-likeness (QED) is 0.0704. The molecule has 0 bridgehead atoms. The average Bonchev–Trinajstić information content (AvgIpc) is 3.40. The van der Waals surface area contributed by atoms with Crippen molar-refractivity contribution in [2.75, 3.05) is 25.4 Å². The van der Waals surface area contributed by atoms with Crippen LogP contribution in [-0.2, 0) is 35.2 Å². The number of guanidine groups is 1. The maximum absolute atomic E-state index is 14.0. The Kier molecular flexibility index (Phi) is 11.1. The zero-order valence-electron chi connectivity index (χ0n) is 25.7. The number of fused-ring (bicyclic) bond motifs is 2. The van der Waals surface area contributed by atoms with E-state index in [9.17, 15) is 28.8 Å². The molecule has 17 heteroatoms. The summed E-state index contributed by atoms with van der Waals surface area (Å²) in [6, 6.07) is 3.81. The highest BCUT2D eigenvalue weighted by molar-refractivity contribution is 8.00. The van der Waals surface area contributed by atoms with Gasteiger partial charge in [-0.1, -0.05) is 18.2 Å². The fraction of sp³-hybridized carbons (Fsp3) is 0.483. The summed E-state index contributed by atoms with van der Waals surface area (Å²) in [4.78, 5) is 87.1. The molecule has 0 aliphatic carbocycles. The number of rotatable bonds is 13. The van der Waals surface area contributed by atoms with Crippen molar-refractivity contribution in [2.45, 2.75) is 62.7 Å². The highest BCUT2D eigenvalue weighted by Gasteiger charge is 2.49. The SMILES string of the molecule is CC(=O)N[C@@H](C)C(=O)N[C@H]1CS[C@@H]2CN(CC(=O)N[C@@H](CCCN=C(N)N)C(N)=O)C(=O)[C@@H](Cc3c[nH]c4ccccc34)N2C1=O. The van der Waals surface area contributed by atoms with Crippen LogP contribution in [0.2, 0.25) is 0 Å². The summed E-state index contributed by atoms with van der Waals surface area (Å²) in [7, 11) is 0. The molecule has 2 aliphatic rings. The van der Waals surface area contributed by atoms with Crippen LogP contribution in [0.15, 0.2) is 35.5 Å². The Morgan fingerprint density at radius 2 is 1.85 bits per heavy atom. The summed E-state index contributed by atoms with van der Waals surface area (Å²) >= 11 is 1.38. The number of aromatic amines is 1. The molecule has 0 saturated carbocycles. The number of nitrogens with two attached hydrogens (primary N) is 3. The van der Waals surface area contributed by atoms with Crippen LogP contribution in [-0.4, -0.2) is 111 Å². The van der Waals surface area contributed by atoms with Crippen molar-refractivity contribution in [1.82, 2.24) is 30.7 Å². The van der Waals surface area contributed by atoms with Crippen LogP contribution in [0.4, 0.5) is 0 Å². The third kappa shape index (κ3) is 8.26. The molecular weight excluding hydrogens is 616 g/mol. The number of carbonyl (C=O) groups excluding carboxylic acids is 6. The number of hydrogen-bond acceptors (Lipinski definition) is 8. The van der Waals surface area contributed by atoms with Crippen LogP contribution in [0, 0.1) is 0 Å². The summed E-state index contributed by atoms with van der Waals surface area (Å²) in [6.07, 6.45) is 2.53. The molecule has 0 spiro atoms. The number of thioether (sulfide) groups is 1. The third-order valence-electron chi connectivity index (χ3n) is 7.80. The number of aromatic nitrogens is 1. The van der Waals surface area contributed by atoms with E-state index in [1.165, 1.54) is 35.4 Å². The van der Waals surface area contributed by atoms with Crippen LogP contribution in [0.1, 0.15) is 32.3 Å². The molecule has 16 nitrogen and oxygen atoms in total. The van der Waals surface area contributed by atoms with Gasteiger partial charge in [0.1, 0.15) is 24.2 Å². The van der Waals surface area contributed by atoms with Gasteiger partial charge in [-0.2, -0.15) is 0 Å². The molecule has 46 heavy (non-hydrogen) atoms. The van der Waals surface area contributed by atoms with E-state index in [4.69, 9.17) is 17.2 Å². The van der Waals surface area contributed by atoms with Gasteiger partial charge in [-0.25, -0.2) is 0 Å². The molecule has 4 rings (SSSR count). The number of aliphatic imine (C=N–C) groups is 1. The monoisotopic (exact) mass is 656 g/mol. The Morgan fingerprint density at radius 3 is 2.54 bits per heavy atom. The predicted molar refractivity (Wildman–Crippen MR) is 172 cm³/mol. The smallest absolute Gasteiger partial charge is 0.247 e. The number of nitrogens with zero attached hydrogens (tertiary/aromatic N) is 3. The van der Waals surface area contributed by atoms with Gasteiger partial charge in [0.25, 0.3) is 0 Å². The van der Waals surface area contributed by atoms with Crippen LogP contribution >= 0.6 is 11.8 Å². The second kappa shape index (κ2) is 15.0. The van der Waals surface area contributed by atoms with Gasteiger partial charge in [0, 0.05) is 42.7 Å². The normalized spacial score (nSPS) is 20.8. The molecule has 1 aromatic heterocycles. The van der Waals surface area contributed by atoms with E-state index in [1.54, 1.807) is 6.20 Å². The minimum atomic E-state index is -0.991. The minimum absolute atomic E-state index is 0.0573. The van der Waals surface area contributed by atoms with Crippen molar-refractivity contribution in [2.24, 2.45) is 22.2 Å². The van der Waals surface area contributed by atoms with Gasteiger partial charge in [-0.3, -0.25) is 33.8 Å². The highest BCUT2D eigenvalue weighted by Crippen LogP contribution is 2.33. The molecule has 2 saturated heterocycles. The molecular formula is C29H40N10O6S. The number of benzene rings is 1. The van der Waals surface area contributed by atoms with Crippen LogP contribution in [0.5, 0.6) is 0 Å². The lowest BCUT2D eigenvalue weighted by molar-refractivity contribution is -0.155. The fourth-order valence-corrected chi connectivity index (χ4v) is 6.93. The second-order valence-electron chi connectivity index (χ2n) is 11.3. The summed E-state index contributed by atoms with van der Waals surface area (Å²) in [5.74, 6) is -2.97. The van der Waals surface area contributed by atoms with Gasteiger partial charge < -0.3 is 47.9 Å². The zero-order valence-corrected chi connectivity index (χ0v) is 26.5. The van der Waals surface area contributed by atoms with Crippen molar-refractivity contribution in [1.29, 1.82) is 0 Å². The van der Waals surface area contributed by atoms with Gasteiger partial charge in [0.2, 0.25) is 35.4 Å². The number of para-hydroxylation sites is 1. The van der Waals surface area contributed by atoms with Crippen molar-refractivity contribution in [3.05, 3.63) is 36.0 Å². The Bertz CT molecular complexity index is 1520. The van der Waals surface area contributed by atoms with Crippen molar-refractivity contribution < 1.29 is 28.8 Å². The predicted octanol–water partition coefficient (Wildman–Crippen LogP) is -2.14. The first kappa shape index (κ1) is 34.1. The molecule has 6 amide bonds. The minimum Gasteiger partial charge on any atom is -0.370 e. The fourth-order valence-electron chi connectivity index (χ4n) is 5.59. The van der Waals surface area contributed by atoms with Gasteiger partial charge in [-0.15, -0.1) is 11.8 Å². The van der Waals surface area contributed by atoms with E-state index < -0.39 is 59.1 Å². The van der Waals surface area contributed by atoms with Gasteiger partial charge >= 0.3 is 0 Å². The number of primary amides is 1. The molecule has 2 aliphatic heterocycles. The zero-order chi connectivity index (χ0) is 33.5. The van der Waals surface area contributed by atoms with Crippen LogP contribution in [0.25, 0.3) is 10.9 Å². The van der Waals surface area contributed by atoms with Crippen LogP contribution in [0.3, 0.4) is 0 Å². The average molecular weight is 657 g/mol. The van der Waals surface area contributed by atoms with E-state index in [1.807, 2.05) is 24.3 Å². The van der Waals surface area contributed by atoms with Gasteiger partial charge in [0.05, 0.1) is 18.5 Å². The lowest BCUT2D eigenvalue weighted by atomic mass is 9.99. The number of carbonyl (C=O) groups is 6. The number of H-pyrrole nitrogens is 1. The van der Waals surface area contributed by atoms with E-state index in [0.717, 1.165) is 16.5 Å². The standard InChI is InChI=1S/C29H40N10O6S/c1-15(35-16(2)40)26(43)37-21-14-46-24-13-38(12-23(41)36-20(25(30)42)8-5-9-33-29(31)32)28(45)22(39(24)27(21)44)10-17-11-34-19-7-4-3-6-18(17)19/h3-4,6-7,11,15,20-22,24,34H,5,8-10,12-14H2,1-2H3,(H2,30,42)(H,35,40)(H,36,41)(H,37,43)(H4,31,32,33)/t15-,20-,21-,22+,24+/m0/s1. The van der Waals surface area contributed by atoms with E-state index in [-0.39, 0.29) is 50.1 Å². The lowest BCUT2D eigenvalue weighted by Crippen LogP contribution is -2.69. The van der Waals surface area contributed by atoms with E-state index in [2.05, 4.69) is 25.9 Å². The molecule has 3 heterocycles. The van der Waals surface area contributed by atoms with Gasteiger partial charge in [-0.05, 0) is 31.4 Å². The van der Waals surface area contributed by atoms with E-state index >= 15 is 0 Å². The number of amides is 6. The first-order chi connectivity index (χ1) is 21.8. The summed E-state index contributed by atoms with van der Waals surface area (Å²) in [6.45, 7) is 2.76. The van der Waals surface area contributed by atoms with E-state index in [0.29, 0.717) is 6.42 Å². The Labute approximate surface area is 269 Å². The maximum Gasteiger partial charge on any atom is 0.247 e. The summed E-state index contributed by atoms with van der Waals surface area (Å²) in [5, 5.41) is 8.20. The van der Waals surface area contributed by atoms with Crippen molar-refractivity contribution >= 4 is 64.1 Å². The molecule has 0 radical (unpaired) electrons. The second-order valence-corrected chi connectivity index (χ2v) is 12.5. The number of nitrogens with one attached hydrogen (secondary N) is 4. The topological polar surface area (TPSA) is 251 Å². The Morgan fingerprint density at radius 1 is 1.11 bits per heavy atom. The largest absolute Gasteiger partial charge is 0.370 e. The first-order valence-corrected chi connectivity index (χ1v) is 15.9. The molecule has 10 N–H and O–H groups in total. The maximum atomic E-state index is 14.0. The molecule has 0 unspecified atom stereocenters. The molecule has 248 valence electrons. The third-order valence-corrected chi connectivity index (χ3v) is 9.09. The highest BCUT2D eigenvalue weighted by atomic mass is 32.2. The molecule has 1 aromatic carbocycles. The number of hydrogen-bond donors (Lipinski definition) is 7. The first-order valence-electron chi connectivity index (χ1n) is 14.8. The summed E-state index contributed by atoms with van der Waals surface area (Å²) in [5.41, 5.74) is 17.8. The number of piperazine rings is 1. The Hall–Kier alpha value is -4.80. The van der Waals surface area contributed by atoms with Gasteiger partial charge in [0.15, 0.2) is 5.96 Å². The van der Waals surface area contributed by atoms with Crippen LogP contribution < -0.4 is 33.2 Å². The summed E-state index contributed by atoms with van der Waals surface area (Å²) < 4.78 is 0. The van der Waals surface area contributed by atoms with Crippen molar-refractivity contribution in [3.8, 4) is 0 Å². The molecule has 5 atom stereocenters.